The second-order valence-electron chi connectivity index (χ2n) is 6.33. The Hall–Kier alpha value is -2.08. The predicted molar refractivity (Wildman–Crippen MR) is 85.7 cm³/mol. The summed E-state index contributed by atoms with van der Waals surface area (Å²) in [6.07, 6.45) is 0.867. The molecule has 1 aliphatic heterocycles. The maximum absolute atomic E-state index is 12.0. The zero-order valence-corrected chi connectivity index (χ0v) is 13.6. The van der Waals surface area contributed by atoms with Crippen molar-refractivity contribution >= 4 is 12.0 Å². The van der Waals surface area contributed by atoms with Crippen molar-refractivity contribution in [3.8, 4) is 0 Å². The van der Waals surface area contributed by atoms with E-state index in [9.17, 15) is 14.7 Å². The van der Waals surface area contributed by atoms with Gasteiger partial charge in [-0.05, 0) is 32.3 Å². The van der Waals surface area contributed by atoms with E-state index >= 15 is 0 Å². The van der Waals surface area contributed by atoms with Gasteiger partial charge in [-0.3, -0.25) is 4.79 Å². The summed E-state index contributed by atoms with van der Waals surface area (Å²) in [6, 6.07) is 9.48. The van der Waals surface area contributed by atoms with Crippen LogP contribution in [0.4, 0.5) is 4.79 Å². The predicted octanol–water partition coefficient (Wildman–Crippen LogP) is 1.67. The molecular formula is C17H24N2O4. The van der Waals surface area contributed by atoms with Crippen LogP contribution in [0.3, 0.4) is 0 Å². The molecular weight excluding hydrogens is 296 g/mol. The third-order valence-corrected chi connectivity index (χ3v) is 3.84. The van der Waals surface area contributed by atoms with E-state index in [1.54, 1.807) is 4.90 Å². The van der Waals surface area contributed by atoms with Crippen LogP contribution in [0, 0.1) is 0 Å². The lowest BCUT2D eigenvalue weighted by Gasteiger charge is -2.35. The van der Waals surface area contributed by atoms with E-state index in [1.807, 2.05) is 30.3 Å². The monoisotopic (exact) mass is 320 g/mol. The second-order valence-corrected chi connectivity index (χ2v) is 6.33. The third kappa shape index (κ3) is 5.25. The van der Waals surface area contributed by atoms with Crippen molar-refractivity contribution < 1.29 is 19.4 Å². The van der Waals surface area contributed by atoms with Crippen molar-refractivity contribution in [2.24, 2.45) is 0 Å². The third-order valence-electron chi connectivity index (χ3n) is 3.84. The number of likely N-dealkylation sites (tertiary alicyclic amines) is 1. The first-order valence-corrected chi connectivity index (χ1v) is 7.85. The Balaban J connectivity index is 1.72. The Labute approximate surface area is 136 Å². The lowest BCUT2D eigenvalue weighted by atomic mass is 10.0. The van der Waals surface area contributed by atoms with Gasteiger partial charge in [0.25, 0.3) is 5.91 Å². The minimum atomic E-state index is -1.35. The Bertz CT molecular complexity index is 531. The van der Waals surface area contributed by atoms with Crippen molar-refractivity contribution in [1.29, 1.82) is 0 Å². The molecule has 0 unspecified atom stereocenters. The molecule has 1 heterocycles. The molecule has 1 fully saturated rings. The van der Waals surface area contributed by atoms with Gasteiger partial charge in [-0.1, -0.05) is 30.3 Å². The zero-order chi connectivity index (χ0) is 16.9. The van der Waals surface area contributed by atoms with Gasteiger partial charge in [-0.15, -0.1) is 0 Å². The van der Waals surface area contributed by atoms with E-state index in [2.05, 4.69) is 5.32 Å². The topological polar surface area (TPSA) is 78.9 Å². The Kier molecular flexibility index (Phi) is 5.60. The van der Waals surface area contributed by atoms with Crippen LogP contribution in [-0.2, 0) is 16.1 Å². The Morgan fingerprint density at radius 1 is 1.26 bits per heavy atom. The average molecular weight is 320 g/mol. The maximum atomic E-state index is 12.0. The largest absolute Gasteiger partial charge is 0.445 e. The summed E-state index contributed by atoms with van der Waals surface area (Å²) in [4.78, 5) is 25.4. The highest BCUT2D eigenvalue weighted by atomic mass is 16.5. The first kappa shape index (κ1) is 17.3. The molecule has 0 atom stereocenters. The van der Waals surface area contributed by atoms with Crippen LogP contribution in [0.1, 0.15) is 32.3 Å². The van der Waals surface area contributed by atoms with Crippen molar-refractivity contribution in [1.82, 2.24) is 10.2 Å². The van der Waals surface area contributed by atoms with Crippen LogP contribution >= 0.6 is 0 Å². The maximum Gasteiger partial charge on any atom is 0.407 e. The van der Waals surface area contributed by atoms with Crippen LogP contribution in [0.5, 0.6) is 0 Å². The highest BCUT2D eigenvalue weighted by Gasteiger charge is 2.32. The molecule has 2 amide bonds. The molecule has 0 spiro atoms. The van der Waals surface area contributed by atoms with Gasteiger partial charge in [-0.2, -0.15) is 0 Å². The number of alkyl carbamates (subject to hydrolysis) is 1. The molecule has 1 aliphatic rings. The highest BCUT2D eigenvalue weighted by Crippen LogP contribution is 2.15. The summed E-state index contributed by atoms with van der Waals surface area (Å²) in [5.41, 5.74) is -0.414. The number of benzene rings is 1. The summed E-state index contributed by atoms with van der Waals surface area (Å²) in [5, 5.41) is 12.6. The lowest BCUT2D eigenvalue weighted by Crippen LogP contribution is -2.51. The molecule has 23 heavy (non-hydrogen) atoms. The number of amides is 2. The van der Waals surface area contributed by atoms with Crippen LogP contribution in [0.2, 0.25) is 0 Å². The fourth-order valence-electron chi connectivity index (χ4n) is 2.55. The first-order valence-electron chi connectivity index (χ1n) is 7.85. The quantitative estimate of drug-likeness (QED) is 0.884. The molecule has 0 bridgehead atoms. The van der Waals surface area contributed by atoms with Crippen LogP contribution in [-0.4, -0.2) is 46.7 Å². The van der Waals surface area contributed by atoms with Gasteiger partial charge in [0.1, 0.15) is 12.2 Å². The Morgan fingerprint density at radius 2 is 1.87 bits per heavy atom. The fraction of sp³-hybridized carbons (Fsp3) is 0.529. The molecule has 1 aromatic rings. The number of carbonyl (C=O) groups excluding carboxylic acids is 2. The van der Waals surface area contributed by atoms with E-state index < -0.39 is 11.7 Å². The van der Waals surface area contributed by atoms with Crippen molar-refractivity contribution in [2.75, 3.05) is 13.1 Å². The van der Waals surface area contributed by atoms with E-state index in [4.69, 9.17) is 4.74 Å². The molecule has 2 rings (SSSR count). The number of rotatable bonds is 4. The number of piperidine rings is 1. The number of nitrogens with zero attached hydrogens (tertiary/aromatic N) is 1. The summed E-state index contributed by atoms with van der Waals surface area (Å²) in [7, 11) is 0. The van der Waals surface area contributed by atoms with Gasteiger partial charge < -0.3 is 20.1 Å². The summed E-state index contributed by atoms with van der Waals surface area (Å²) < 4.78 is 5.19. The molecule has 126 valence electrons. The molecule has 6 heteroatoms. The molecule has 0 saturated carbocycles. The molecule has 1 aromatic carbocycles. The molecule has 0 aromatic heterocycles. The normalized spacial score (nSPS) is 16.0. The van der Waals surface area contributed by atoms with Crippen molar-refractivity contribution in [3.05, 3.63) is 35.9 Å². The molecule has 1 saturated heterocycles. The van der Waals surface area contributed by atoms with Gasteiger partial charge in [0.05, 0.1) is 0 Å². The number of hydrogen-bond acceptors (Lipinski definition) is 4. The first-order chi connectivity index (χ1) is 10.9. The number of aliphatic hydroxyl groups is 1. The zero-order valence-electron chi connectivity index (χ0n) is 13.6. The standard InChI is InChI=1S/C17H24N2O4/c1-17(2,22)15(20)19-10-8-14(9-11-19)18-16(21)23-12-13-6-4-3-5-7-13/h3-7,14,22H,8-12H2,1-2H3,(H,18,21). The number of ether oxygens (including phenoxy) is 1. The molecule has 6 nitrogen and oxygen atoms in total. The lowest BCUT2D eigenvalue weighted by molar-refractivity contribution is -0.149. The van der Waals surface area contributed by atoms with Crippen LogP contribution in [0.15, 0.2) is 30.3 Å². The van der Waals surface area contributed by atoms with Gasteiger partial charge in [0.2, 0.25) is 0 Å². The van der Waals surface area contributed by atoms with Crippen LogP contribution in [0.25, 0.3) is 0 Å². The minimum absolute atomic E-state index is 0.0101. The fourth-order valence-corrected chi connectivity index (χ4v) is 2.55. The summed E-state index contributed by atoms with van der Waals surface area (Å²) >= 11 is 0. The highest BCUT2D eigenvalue weighted by molar-refractivity contribution is 5.84. The van der Waals surface area contributed by atoms with E-state index in [0.29, 0.717) is 25.9 Å². The van der Waals surface area contributed by atoms with Crippen LogP contribution < -0.4 is 5.32 Å². The van der Waals surface area contributed by atoms with E-state index in [0.717, 1.165) is 5.56 Å². The number of carbonyl (C=O) groups is 2. The van der Waals surface area contributed by atoms with Crippen molar-refractivity contribution in [3.63, 3.8) is 0 Å². The smallest absolute Gasteiger partial charge is 0.407 e. The summed E-state index contributed by atoms with van der Waals surface area (Å²) in [5.74, 6) is -0.275. The van der Waals surface area contributed by atoms with Gasteiger partial charge in [0.15, 0.2) is 0 Å². The second kappa shape index (κ2) is 7.46. The molecule has 0 aliphatic carbocycles. The SMILES string of the molecule is CC(C)(O)C(=O)N1CCC(NC(=O)OCc2ccccc2)CC1. The number of hydrogen-bond donors (Lipinski definition) is 2. The van der Waals surface area contributed by atoms with Gasteiger partial charge in [0, 0.05) is 19.1 Å². The van der Waals surface area contributed by atoms with E-state index in [1.165, 1.54) is 13.8 Å². The van der Waals surface area contributed by atoms with Crippen molar-refractivity contribution in [2.45, 2.75) is 44.9 Å². The van der Waals surface area contributed by atoms with Gasteiger partial charge in [-0.25, -0.2) is 4.79 Å². The van der Waals surface area contributed by atoms with E-state index in [-0.39, 0.29) is 18.6 Å². The number of nitrogens with one attached hydrogen (secondary N) is 1. The van der Waals surface area contributed by atoms with Gasteiger partial charge >= 0.3 is 6.09 Å². The minimum Gasteiger partial charge on any atom is -0.445 e. The molecule has 2 N–H and O–H groups in total. The Morgan fingerprint density at radius 3 is 2.43 bits per heavy atom. The molecule has 0 radical (unpaired) electrons. The average Bonchev–Trinajstić information content (AvgIpc) is 2.53. The summed E-state index contributed by atoms with van der Waals surface area (Å²) in [6.45, 7) is 4.25.